The van der Waals surface area contributed by atoms with E-state index in [1.807, 2.05) is 6.07 Å². The fourth-order valence-corrected chi connectivity index (χ4v) is 0.891. The molecule has 0 saturated heterocycles. The summed E-state index contributed by atoms with van der Waals surface area (Å²) in [7, 11) is 1.57. The molecule has 5 nitrogen and oxygen atoms in total. The van der Waals surface area contributed by atoms with Crippen LogP contribution in [-0.4, -0.2) is 17.9 Å². The lowest BCUT2D eigenvalue weighted by molar-refractivity contribution is 0.397. The van der Waals surface area contributed by atoms with E-state index in [-0.39, 0.29) is 0 Å². The number of rotatable bonds is 3. The highest BCUT2D eigenvalue weighted by Gasteiger charge is 1.97. The Kier molecular flexibility index (Phi) is 3.08. The molecule has 0 fully saturated rings. The Labute approximate surface area is 76.4 Å². The van der Waals surface area contributed by atoms with E-state index in [0.29, 0.717) is 18.1 Å². The van der Waals surface area contributed by atoms with Gasteiger partial charge in [-0.2, -0.15) is 5.10 Å². The Hall–Kier alpha value is -1.78. The van der Waals surface area contributed by atoms with Crippen LogP contribution in [0, 0.1) is 0 Å². The summed E-state index contributed by atoms with van der Waals surface area (Å²) < 4.78 is 4.90. The Morgan fingerprint density at radius 1 is 1.62 bits per heavy atom. The molecule has 0 unspecified atom stereocenters. The summed E-state index contributed by atoms with van der Waals surface area (Å²) in [5.74, 6) is 5.95. The van der Waals surface area contributed by atoms with Gasteiger partial charge in [0.05, 0.1) is 7.11 Å². The predicted molar refractivity (Wildman–Crippen MR) is 50.3 cm³/mol. The molecule has 0 atom stereocenters. The summed E-state index contributed by atoms with van der Waals surface area (Å²) in [5.41, 5.74) is 6.39. The van der Waals surface area contributed by atoms with Crippen LogP contribution >= 0.6 is 0 Å². The predicted octanol–water partition coefficient (Wildman–Crippen LogP) is -0.136. The Morgan fingerprint density at radius 2 is 2.38 bits per heavy atom. The van der Waals surface area contributed by atoms with Gasteiger partial charge in [-0.15, -0.1) is 0 Å². The van der Waals surface area contributed by atoms with Crippen LogP contribution in [0.15, 0.2) is 23.4 Å². The normalized spacial score (nSPS) is 11.3. The van der Waals surface area contributed by atoms with Crippen LogP contribution in [0.5, 0.6) is 5.88 Å². The first kappa shape index (κ1) is 9.31. The Bertz CT molecular complexity index is 294. The SMILES string of the molecule is COc1ccc(CC(N)=NN)cn1. The lowest BCUT2D eigenvalue weighted by atomic mass is 10.2. The van der Waals surface area contributed by atoms with Crippen molar-refractivity contribution < 1.29 is 4.74 Å². The molecule has 13 heavy (non-hydrogen) atoms. The lowest BCUT2D eigenvalue weighted by Gasteiger charge is -2.01. The van der Waals surface area contributed by atoms with E-state index < -0.39 is 0 Å². The standard InChI is InChI=1S/C8H12N4O/c1-13-8-3-2-6(5-11-8)4-7(9)12-10/h2-3,5H,4,10H2,1H3,(H2,9,12). The van der Waals surface area contributed by atoms with Gasteiger partial charge >= 0.3 is 0 Å². The number of ether oxygens (including phenoxy) is 1. The number of hydrogen-bond acceptors (Lipinski definition) is 4. The second-order valence-electron chi connectivity index (χ2n) is 2.51. The minimum atomic E-state index is 0.381. The van der Waals surface area contributed by atoms with Gasteiger partial charge in [-0.1, -0.05) is 6.07 Å². The molecule has 0 saturated carbocycles. The molecule has 1 rings (SSSR count). The summed E-state index contributed by atoms with van der Waals surface area (Å²) in [4.78, 5) is 4.01. The molecular weight excluding hydrogens is 168 g/mol. The van der Waals surface area contributed by atoms with E-state index in [4.69, 9.17) is 16.3 Å². The minimum Gasteiger partial charge on any atom is -0.481 e. The fraction of sp³-hybridized carbons (Fsp3) is 0.250. The molecule has 1 heterocycles. The molecule has 0 aliphatic rings. The summed E-state index contributed by atoms with van der Waals surface area (Å²) in [5, 5.41) is 3.36. The Balaban J connectivity index is 2.69. The number of amidine groups is 1. The molecule has 0 radical (unpaired) electrons. The summed E-state index contributed by atoms with van der Waals surface area (Å²) in [6, 6.07) is 3.63. The zero-order valence-corrected chi connectivity index (χ0v) is 7.40. The number of nitrogens with two attached hydrogens (primary N) is 2. The first-order chi connectivity index (χ1) is 6.26. The monoisotopic (exact) mass is 180 g/mol. The fourth-order valence-electron chi connectivity index (χ4n) is 0.891. The minimum absolute atomic E-state index is 0.381. The second kappa shape index (κ2) is 4.30. The highest BCUT2D eigenvalue weighted by atomic mass is 16.5. The molecule has 0 bridgehead atoms. The largest absolute Gasteiger partial charge is 0.481 e. The van der Waals surface area contributed by atoms with E-state index >= 15 is 0 Å². The van der Waals surface area contributed by atoms with Gasteiger partial charge in [0.1, 0.15) is 5.84 Å². The van der Waals surface area contributed by atoms with Gasteiger partial charge in [0, 0.05) is 18.7 Å². The molecule has 70 valence electrons. The summed E-state index contributed by atoms with van der Waals surface area (Å²) in [6.07, 6.45) is 2.18. The zero-order chi connectivity index (χ0) is 9.68. The van der Waals surface area contributed by atoms with Crippen molar-refractivity contribution in [2.45, 2.75) is 6.42 Å². The third-order valence-electron chi connectivity index (χ3n) is 1.56. The van der Waals surface area contributed by atoms with Gasteiger partial charge in [0.2, 0.25) is 5.88 Å². The molecule has 1 aromatic rings. The van der Waals surface area contributed by atoms with Crippen molar-refractivity contribution in [2.24, 2.45) is 16.7 Å². The molecule has 0 amide bonds. The maximum Gasteiger partial charge on any atom is 0.212 e. The molecule has 0 aromatic carbocycles. The molecule has 0 aliphatic heterocycles. The van der Waals surface area contributed by atoms with E-state index in [9.17, 15) is 0 Å². The number of aromatic nitrogens is 1. The van der Waals surface area contributed by atoms with Crippen molar-refractivity contribution >= 4 is 5.84 Å². The number of pyridine rings is 1. The van der Waals surface area contributed by atoms with E-state index in [0.717, 1.165) is 5.56 Å². The molecule has 1 aromatic heterocycles. The topological polar surface area (TPSA) is 86.5 Å². The van der Waals surface area contributed by atoms with E-state index in [1.54, 1.807) is 19.4 Å². The van der Waals surface area contributed by atoms with Gasteiger partial charge < -0.3 is 16.3 Å². The van der Waals surface area contributed by atoms with Crippen molar-refractivity contribution in [1.82, 2.24) is 4.98 Å². The zero-order valence-electron chi connectivity index (χ0n) is 7.40. The van der Waals surface area contributed by atoms with Gasteiger partial charge in [0.15, 0.2) is 0 Å². The van der Waals surface area contributed by atoms with Gasteiger partial charge in [0.25, 0.3) is 0 Å². The highest BCUT2D eigenvalue weighted by molar-refractivity contribution is 5.82. The van der Waals surface area contributed by atoms with Crippen LogP contribution in [0.2, 0.25) is 0 Å². The first-order valence-corrected chi connectivity index (χ1v) is 3.77. The van der Waals surface area contributed by atoms with Crippen LogP contribution in [0.4, 0.5) is 0 Å². The molecule has 0 aliphatic carbocycles. The molecular formula is C8H12N4O. The summed E-state index contributed by atoms with van der Waals surface area (Å²) >= 11 is 0. The van der Waals surface area contributed by atoms with Crippen molar-refractivity contribution in [3.8, 4) is 5.88 Å². The number of hydrazone groups is 1. The van der Waals surface area contributed by atoms with Crippen molar-refractivity contribution in [1.29, 1.82) is 0 Å². The molecule has 0 spiro atoms. The van der Waals surface area contributed by atoms with Crippen LogP contribution in [0.1, 0.15) is 5.56 Å². The van der Waals surface area contributed by atoms with Gasteiger partial charge in [-0.05, 0) is 5.56 Å². The van der Waals surface area contributed by atoms with Crippen molar-refractivity contribution in [3.63, 3.8) is 0 Å². The molecule has 5 heteroatoms. The Morgan fingerprint density at radius 3 is 2.85 bits per heavy atom. The third-order valence-corrected chi connectivity index (χ3v) is 1.56. The lowest BCUT2D eigenvalue weighted by Crippen LogP contribution is -2.16. The molecule has 4 N–H and O–H groups in total. The number of nitrogens with zero attached hydrogens (tertiary/aromatic N) is 2. The first-order valence-electron chi connectivity index (χ1n) is 3.77. The average molecular weight is 180 g/mol. The smallest absolute Gasteiger partial charge is 0.212 e. The van der Waals surface area contributed by atoms with Crippen molar-refractivity contribution in [2.75, 3.05) is 7.11 Å². The number of hydrogen-bond donors (Lipinski definition) is 2. The van der Waals surface area contributed by atoms with Crippen LogP contribution in [-0.2, 0) is 6.42 Å². The van der Waals surface area contributed by atoms with Gasteiger partial charge in [-0.25, -0.2) is 4.98 Å². The van der Waals surface area contributed by atoms with E-state index in [2.05, 4.69) is 10.1 Å². The van der Waals surface area contributed by atoms with Crippen LogP contribution in [0.3, 0.4) is 0 Å². The number of methoxy groups -OCH3 is 1. The maximum absolute atomic E-state index is 5.44. The van der Waals surface area contributed by atoms with E-state index in [1.165, 1.54) is 0 Å². The average Bonchev–Trinajstić information content (AvgIpc) is 2.19. The van der Waals surface area contributed by atoms with Gasteiger partial charge in [-0.3, -0.25) is 0 Å². The van der Waals surface area contributed by atoms with Crippen LogP contribution in [0.25, 0.3) is 0 Å². The quantitative estimate of drug-likeness (QED) is 0.293. The maximum atomic E-state index is 5.44. The highest BCUT2D eigenvalue weighted by Crippen LogP contribution is 2.06. The summed E-state index contributed by atoms with van der Waals surface area (Å²) in [6.45, 7) is 0. The second-order valence-corrected chi connectivity index (χ2v) is 2.51. The van der Waals surface area contributed by atoms with Crippen molar-refractivity contribution in [3.05, 3.63) is 23.9 Å². The third kappa shape index (κ3) is 2.62. The van der Waals surface area contributed by atoms with Crippen LogP contribution < -0.4 is 16.3 Å².